The Hall–Kier alpha value is -3.40. The van der Waals surface area contributed by atoms with Crippen molar-refractivity contribution in [2.45, 2.75) is 13.5 Å². The number of nitrogens with one attached hydrogen (secondary N) is 1. The summed E-state index contributed by atoms with van der Waals surface area (Å²) < 4.78 is 0. The first-order chi connectivity index (χ1) is 12.7. The van der Waals surface area contributed by atoms with Crippen LogP contribution < -0.4 is 5.32 Å². The number of nitrogens with zero attached hydrogens (tertiary/aromatic N) is 2. The predicted octanol–water partition coefficient (Wildman–Crippen LogP) is 4.92. The zero-order valence-corrected chi connectivity index (χ0v) is 14.5. The van der Waals surface area contributed by atoms with Crippen molar-refractivity contribution in [2.24, 2.45) is 0 Å². The van der Waals surface area contributed by atoms with Crippen molar-refractivity contribution in [3.8, 4) is 17.1 Å². The third-order valence-electron chi connectivity index (χ3n) is 4.29. The number of aryl methyl sites for hydroxylation is 1. The summed E-state index contributed by atoms with van der Waals surface area (Å²) in [6, 6.07) is 23.4. The fraction of sp³-hybridized carbons (Fsp3) is 0.0909. The lowest BCUT2D eigenvalue weighted by Crippen LogP contribution is -2.04. The number of benzene rings is 3. The Morgan fingerprint density at radius 2 is 1.69 bits per heavy atom. The lowest BCUT2D eigenvalue weighted by atomic mass is 10.1. The molecule has 0 spiro atoms. The molecule has 4 aromatic rings. The quantitative estimate of drug-likeness (QED) is 0.553. The van der Waals surface area contributed by atoms with Crippen molar-refractivity contribution in [3.63, 3.8) is 0 Å². The Balaban J connectivity index is 1.76. The summed E-state index contributed by atoms with van der Waals surface area (Å²) in [7, 11) is 0. The number of hydrogen-bond acceptors (Lipinski definition) is 4. The zero-order valence-electron chi connectivity index (χ0n) is 14.5. The van der Waals surface area contributed by atoms with Crippen LogP contribution in [0.2, 0.25) is 0 Å². The molecule has 0 aliphatic rings. The van der Waals surface area contributed by atoms with Gasteiger partial charge in [0.15, 0.2) is 5.82 Å². The molecule has 4 heteroatoms. The van der Waals surface area contributed by atoms with Crippen LogP contribution >= 0.6 is 0 Å². The van der Waals surface area contributed by atoms with Gasteiger partial charge in [0.1, 0.15) is 11.6 Å². The third-order valence-corrected chi connectivity index (χ3v) is 4.29. The fourth-order valence-electron chi connectivity index (χ4n) is 3.00. The minimum absolute atomic E-state index is 0.174. The highest BCUT2D eigenvalue weighted by molar-refractivity contribution is 5.90. The normalized spacial score (nSPS) is 10.8. The van der Waals surface area contributed by atoms with E-state index in [9.17, 15) is 5.11 Å². The summed E-state index contributed by atoms with van der Waals surface area (Å²) in [4.78, 5) is 9.31. The molecule has 0 saturated heterocycles. The number of anilines is 1. The van der Waals surface area contributed by atoms with Crippen LogP contribution in [0.3, 0.4) is 0 Å². The van der Waals surface area contributed by atoms with Gasteiger partial charge in [-0.15, -0.1) is 0 Å². The number of hydrogen-bond donors (Lipinski definition) is 2. The average Bonchev–Trinajstić information content (AvgIpc) is 2.66. The second-order valence-electron chi connectivity index (χ2n) is 6.27. The summed E-state index contributed by atoms with van der Waals surface area (Å²) >= 11 is 0. The maximum atomic E-state index is 10.2. The Kier molecular flexibility index (Phi) is 4.23. The van der Waals surface area contributed by atoms with Crippen LogP contribution in [0.5, 0.6) is 5.75 Å². The standard InChI is InChI=1S/C22H19N3O/c1-15-7-6-8-16(13-15)14-23-21-17-9-2-4-11-19(17)24-22(25-21)18-10-3-5-12-20(18)26/h2-13,26H,14H2,1H3,(H,23,24,25). The van der Waals surface area contributed by atoms with E-state index in [4.69, 9.17) is 0 Å². The molecule has 0 unspecified atom stereocenters. The predicted molar refractivity (Wildman–Crippen MR) is 105 cm³/mol. The van der Waals surface area contributed by atoms with E-state index >= 15 is 0 Å². The monoisotopic (exact) mass is 341 g/mol. The van der Waals surface area contributed by atoms with E-state index in [1.807, 2.05) is 36.4 Å². The highest BCUT2D eigenvalue weighted by Crippen LogP contribution is 2.30. The van der Waals surface area contributed by atoms with Gasteiger partial charge in [-0.2, -0.15) is 0 Å². The first-order valence-corrected chi connectivity index (χ1v) is 8.55. The van der Waals surface area contributed by atoms with Crippen molar-refractivity contribution in [1.29, 1.82) is 0 Å². The van der Waals surface area contributed by atoms with Crippen molar-refractivity contribution in [2.75, 3.05) is 5.32 Å². The third kappa shape index (κ3) is 3.22. The minimum atomic E-state index is 0.174. The van der Waals surface area contributed by atoms with Crippen molar-refractivity contribution >= 4 is 16.7 Å². The van der Waals surface area contributed by atoms with Crippen molar-refractivity contribution in [3.05, 3.63) is 83.9 Å². The zero-order chi connectivity index (χ0) is 17.9. The number of phenols is 1. The molecule has 2 N–H and O–H groups in total. The molecular formula is C22H19N3O. The van der Waals surface area contributed by atoms with Gasteiger partial charge in [-0.1, -0.05) is 54.1 Å². The highest BCUT2D eigenvalue weighted by atomic mass is 16.3. The van der Waals surface area contributed by atoms with Crippen molar-refractivity contribution < 1.29 is 5.11 Å². The van der Waals surface area contributed by atoms with Crippen LogP contribution in [-0.4, -0.2) is 15.1 Å². The summed E-state index contributed by atoms with van der Waals surface area (Å²) in [5, 5.41) is 14.6. The molecule has 1 aromatic heterocycles. The molecule has 0 aliphatic carbocycles. The maximum Gasteiger partial charge on any atom is 0.165 e. The summed E-state index contributed by atoms with van der Waals surface area (Å²) in [6.07, 6.45) is 0. The Bertz CT molecular complexity index is 1080. The van der Waals surface area contributed by atoms with Gasteiger partial charge in [-0.25, -0.2) is 9.97 Å². The molecule has 128 valence electrons. The highest BCUT2D eigenvalue weighted by Gasteiger charge is 2.11. The Morgan fingerprint density at radius 1 is 0.885 bits per heavy atom. The summed E-state index contributed by atoms with van der Waals surface area (Å²) in [6.45, 7) is 2.75. The number of para-hydroxylation sites is 2. The molecule has 0 fully saturated rings. The smallest absolute Gasteiger partial charge is 0.165 e. The Labute approximate surface area is 152 Å². The van der Waals surface area contributed by atoms with Crippen LogP contribution in [-0.2, 0) is 6.54 Å². The molecular weight excluding hydrogens is 322 g/mol. The van der Waals surface area contributed by atoms with Crippen molar-refractivity contribution in [1.82, 2.24) is 9.97 Å². The van der Waals surface area contributed by atoms with E-state index in [2.05, 4.69) is 46.5 Å². The largest absolute Gasteiger partial charge is 0.507 e. The van der Waals surface area contributed by atoms with Gasteiger partial charge in [-0.05, 0) is 36.8 Å². The van der Waals surface area contributed by atoms with Crippen LogP contribution in [0.25, 0.3) is 22.3 Å². The van der Waals surface area contributed by atoms with E-state index in [-0.39, 0.29) is 5.75 Å². The summed E-state index contributed by atoms with van der Waals surface area (Å²) in [5.41, 5.74) is 3.88. The van der Waals surface area contributed by atoms with Crippen LogP contribution in [0, 0.1) is 6.92 Å². The van der Waals surface area contributed by atoms with E-state index in [0.29, 0.717) is 17.9 Å². The molecule has 0 bridgehead atoms. The fourth-order valence-corrected chi connectivity index (χ4v) is 3.00. The maximum absolute atomic E-state index is 10.2. The molecule has 4 rings (SSSR count). The van der Waals surface area contributed by atoms with Gasteiger partial charge in [-0.3, -0.25) is 0 Å². The first-order valence-electron chi connectivity index (χ1n) is 8.55. The van der Waals surface area contributed by atoms with Gasteiger partial charge >= 0.3 is 0 Å². The van der Waals surface area contributed by atoms with Gasteiger partial charge in [0.2, 0.25) is 0 Å². The van der Waals surface area contributed by atoms with E-state index < -0.39 is 0 Å². The summed E-state index contributed by atoms with van der Waals surface area (Å²) in [5.74, 6) is 1.44. The molecule has 0 amide bonds. The van der Waals surface area contributed by atoms with Gasteiger partial charge < -0.3 is 10.4 Å². The number of rotatable bonds is 4. The molecule has 0 aliphatic heterocycles. The SMILES string of the molecule is Cc1cccc(CNc2nc(-c3ccccc3O)nc3ccccc23)c1. The second kappa shape index (κ2) is 6.84. The van der Waals surface area contributed by atoms with Gasteiger partial charge in [0, 0.05) is 11.9 Å². The number of phenolic OH excluding ortho intramolecular Hbond substituents is 1. The van der Waals surface area contributed by atoms with Crippen LogP contribution in [0.1, 0.15) is 11.1 Å². The van der Waals surface area contributed by atoms with Gasteiger partial charge in [0.25, 0.3) is 0 Å². The molecule has 0 saturated carbocycles. The average molecular weight is 341 g/mol. The van der Waals surface area contributed by atoms with E-state index in [1.54, 1.807) is 12.1 Å². The molecule has 0 radical (unpaired) electrons. The second-order valence-corrected chi connectivity index (χ2v) is 6.27. The van der Waals surface area contributed by atoms with E-state index in [1.165, 1.54) is 11.1 Å². The number of fused-ring (bicyclic) bond motifs is 1. The lowest BCUT2D eigenvalue weighted by molar-refractivity contribution is 0.477. The number of aromatic nitrogens is 2. The minimum Gasteiger partial charge on any atom is -0.507 e. The molecule has 0 atom stereocenters. The molecule has 1 heterocycles. The van der Waals surface area contributed by atoms with Crippen LogP contribution in [0.15, 0.2) is 72.8 Å². The molecule has 26 heavy (non-hydrogen) atoms. The molecule has 3 aromatic carbocycles. The topological polar surface area (TPSA) is 58.0 Å². The first kappa shape index (κ1) is 16.1. The van der Waals surface area contributed by atoms with Crippen LogP contribution in [0.4, 0.5) is 5.82 Å². The lowest BCUT2D eigenvalue weighted by Gasteiger charge is -2.12. The Morgan fingerprint density at radius 3 is 2.54 bits per heavy atom. The van der Waals surface area contributed by atoms with E-state index in [0.717, 1.165) is 16.7 Å². The van der Waals surface area contributed by atoms with Gasteiger partial charge in [0.05, 0.1) is 11.1 Å². The molecule has 4 nitrogen and oxygen atoms in total. The number of aromatic hydroxyl groups is 1.